The highest BCUT2D eigenvalue weighted by Crippen LogP contribution is 2.19. The Kier molecular flexibility index (Phi) is 4.99. The lowest BCUT2D eigenvalue weighted by atomic mass is 10.1. The zero-order chi connectivity index (χ0) is 18.7. The van der Waals surface area contributed by atoms with Crippen molar-refractivity contribution in [3.05, 3.63) is 86.6 Å². The molecule has 0 fully saturated rings. The molecule has 0 radical (unpaired) electrons. The molecule has 0 aliphatic heterocycles. The summed E-state index contributed by atoms with van der Waals surface area (Å²) < 4.78 is 1.68. The van der Waals surface area contributed by atoms with Gasteiger partial charge in [-0.2, -0.15) is 5.10 Å². The lowest BCUT2D eigenvalue weighted by Crippen LogP contribution is -2.13. The number of carbonyl (C=O) groups excluding carboxylic acids is 1. The van der Waals surface area contributed by atoms with Crippen LogP contribution in [0.25, 0.3) is 0 Å². The quantitative estimate of drug-likeness (QED) is 0.541. The first-order chi connectivity index (χ1) is 12.4. The Morgan fingerprint density at radius 3 is 2.77 bits per heavy atom. The Morgan fingerprint density at radius 1 is 1.27 bits per heavy atom. The SMILES string of the molecule is Cc1cc(C(=O)Nc2ccn(Cc3cccc(Cl)c3)n2)ccc1[N+](=O)[O-]. The van der Waals surface area contributed by atoms with E-state index in [2.05, 4.69) is 10.4 Å². The number of aromatic nitrogens is 2. The highest BCUT2D eigenvalue weighted by atomic mass is 35.5. The first kappa shape index (κ1) is 17.6. The van der Waals surface area contributed by atoms with E-state index >= 15 is 0 Å². The van der Waals surface area contributed by atoms with Crippen LogP contribution in [0.5, 0.6) is 0 Å². The second kappa shape index (κ2) is 7.37. The molecule has 0 saturated heterocycles. The van der Waals surface area contributed by atoms with Gasteiger partial charge < -0.3 is 5.32 Å². The molecular formula is C18H15ClN4O3. The highest BCUT2D eigenvalue weighted by molar-refractivity contribution is 6.30. The number of amides is 1. The lowest BCUT2D eigenvalue weighted by molar-refractivity contribution is -0.385. The van der Waals surface area contributed by atoms with Crippen LogP contribution in [0.3, 0.4) is 0 Å². The summed E-state index contributed by atoms with van der Waals surface area (Å²) in [4.78, 5) is 22.7. The largest absolute Gasteiger partial charge is 0.305 e. The van der Waals surface area contributed by atoms with Gasteiger partial charge in [-0.05, 0) is 36.8 Å². The van der Waals surface area contributed by atoms with Crippen molar-refractivity contribution in [2.24, 2.45) is 0 Å². The Balaban J connectivity index is 1.69. The molecule has 3 aromatic rings. The summed E-state index contributed by atoms with van der Waals surface area (Å²) in [5, 5.41) is 18.5. The minimum Gasteiger partial charge on any atom is -0.305 e. The summed E-state index contributed by atoms with van der Waals surface area (Å²) in [6, 6.07) is 13.3. The molecule has 132 valence electrons. The molecular weight excluding hydrogens is 356 g/mol. The van der Waals surface area contributed by atoms with Gasteiger partial charge in [-0.25, -0.2) is 0 Å². The molecule has 0 aliphatic carbocycles. The number of hydrogen-bond acceptors (Lipinski definition) is 4. The van der Waals surface area contributed by atoms with Gasteiger partial charge in [0.2, 0.25) is 0 Å². The van der Waals surface area contributed by atoms with Crippen LogP contribution in [0.2, 0.25) is 5.02 Å². The van der Waals surface area contributed by atoms with Gasteiger partial charge in [-0.3, -0.25) is 19.6 Å². The van der Waals surface area contributed by atoms with Crippen molar-refractivity contribution in [1.29, 1.82) is 0 Å². The van der Waals surface area contributed by atoms with Gasteiger partial charge in [-0.1, -0.05) is 23.7 Å². The molecule has 0 unspecified atom stereocenters. The molecule has 7 nitrogen and oxygen atoms in total. The predicted octanol–water partition coefficient (Wildman–Crippen LogP) is 4.05. The van der Waals surface area contributed by atoms with Gasteiger partial charge in [0.1, 0.15) is 0 Å². The average Bonchev–Trinajstić information content (AvgIpc) is 3.01. The number of nitrogens with zero attached hydrogens (tertiary/aromatic N) is 3. The van der Waals surface area contributed by atoms with Crippen molar-refractivity contribution >= 4 is 29.0 Å². The maximum Gasteiger partial charge on any atom is 0.272 e. The summed E-state index contributed by atoms with van der Waals surface area (Å²) >= 11 is 5.97. The first-order valence-electron chi connectivity index (χ1n) is 7.76. The first-order valence-corrected chi connectivity index (χ1v) is 8.14. The van der Waals surface area contributed by atoms with E-state index in [9.17, 15) is 14.9 Å². The van der Waals surface area contributed by atoms with Crippen LogP contribution in [0.4, 0.5) is 11.5 Å². The molecule has 3 rings (SSSR count). The molecule has 0 saturated carbocycles. The van der Waals surface area contributed by atoms with Crippen LogP contribution >= 0.6 is 11.6 Å². The summed E-state index contributed by atoms with van der Waals surface area (Å²) in [7, 11) is 0. The van der Waals surface area contributed by atoms with Crippen molar-refractivity contribution in [2.75, 3.05) is 5.32 Å². The molecule has 26 heavy (non-hydrogen) atoms. The number of anilines is 1. The number of nitrogens with one attached hydrogen (secondary N) is 1. The second-order valence-corrected chi connectivity index (χ2v) is 6.18. The molecule has 0 spiro atoms. The van der Waals surface area contributed by atoms with Crippen molar-refractivity contribution in [1.82, 2.24) is 9.78 Å². The Bertz CT molecular complexity index is 984. The lowest BCUT2D eigenvalue weighted by Gasteiger charge is -2.05. The van der Waals surface area contributed by atoms with E-state index in [1.165, 1.54) is 18.2 Å². The van der Waals surface area contributed by atoms with E-state index < -0.39 is 4.92 Å². The van der Waals surface area contributed by atoms with Crippen molar-refractivity contribution < 1.29 is 9.72 Å². The van der Waals surface area contributed by atoms with E-state index in [1.807, 2.05) is 18.2 Å². The van der Waals surface area contributed by atoms with Crippen LogP contribution in [0.1, 0.15) is 21.5 Å². The third-order valence-corrected chi connectivity index (χ3v) is 4.01. The van der Waals surface area contributed by atoms with Crippen LogP contribution in [0.15, 0.2) is 54.7 Å². The van der Waals surface area contributed by atoms with Crippen molar-refractivity contribution in [2.45, 2.75) is 13.5 Å². The Morgan fingerprint density at radius 2 is 2.08 bits per heavy atom. The molecule has 0 bridgehead atoms. The molecule has 1 amide bonds. The fourth-order valence-corrected chi connectivity index (χ4v) is 2.74. The van der Waals surface area contributed by atoms with E-state index in [4.69, 9.17) is 11.6 Å². The third-order valence-electron chi connectivity index (χ3n) is 3.77. The molecule has 1 N–H and O–H groups in total. The maximum absolute atomic E-state index is 12.3. The minimum absolute atomic E-state index is 0.0210. The van der Waals surface area contributed by atoms with Crippen LogP contribution in [-0.4, -0.2) is 20.6 Å². The van der Waals surface area contributed by atoms with Crippen LogP contribution in [-0.2, 0) is 6.54 Å². The number of nitro groups is 1. The van der Waals surface area contributed by atoms with Gasteiger partial charge in [-0.15, -0.1) is 0 Å². The molecule has 2 aromatic carbocycles. The molecule has 8 heteroatoms. The van der Waals surface area contributed by atoms with Crippen molar-refractivity contribution in [3.63, 3.8) is 0 Å². The van der Waals surface area contributed by atoms with E-state index in [-0.39, 0.29) is 11.6 Å². The predicted molar refractivity (Wildman–Crippen MR) is 98.6 cm³/mol. The average molecular weight is 371 g/mol. The number of aryl methyl sites for hydroxylation is 1. The number of benzene rings is 2. The fraction of sp³-hybridized carbons (Fsp3) is 0.111. The van der Waals surface area contributed by atoms with Gasteiger partial charge in [0.15, 0.2) is 5.82 Å². The number of halogens is 1. The minimum atomic E-state index is -0.478. The van der Waals surface area contributed by atoms with E-state index in [0.717, 1.165) is 5.56 Å². The maximum atomic E-state index is 12.3. The molecule has 1 heterocycles. The van der Waals surface area contributed by atoms with E-state index in [0.29, 0.717) is 28.5 Å². The van der Waals surface area contributed by atoms with Crippen LogP contribution in [0, 0.1) is 17.0 Å². The summed E-state index contributed by atoms with van der Waals surface area (Å²) in [5.74, 6) is 0.0176. The topological polar surface area (TPSA) is 90.1 Å². The standard InChI is InChI=1S/C18H15ClN4O3/c1-12-9-14(5-6-16(12)23(25)26)18(24)20-17-7-8-22(21-17)11-13-3-2-4-15(19)10-13/h2-10H,11H2,1H3,(H,20,21,24). The zero-order valence-corrected chi connectivity index (χ0v) is 14.6. The zero-order valence-electron chi connectivity index (χ0n) is 13.8. The van der Waals surface area contributed by atoms with Gasteiger partial charge in [0.05, 0.1) is 11.5 Å². The summed E-state index contributed by atoms with van der Waals surface area (Å²) in [5.41, 5.74) is 1.73. The highest BCUT2D eigenvalue weighted by Gasteiger charge is 2.14. The number of carbonyl (C=O) groups is 1. The fourth-order valence-electron chi connectivity index (χ4n) is 2.53. The van der Waals surface area contributed by atoms with Crippen molar-refractivity contribution in [3.8, 4) is 0 Å². The van der Waals surface area contributed by atoms with Crippen LogP contribution < -0.4 is 5.32 Å². The second-order valence-electron chi connectivity index (χ2n) is 5.74. The summed E-state index contributed by atoms with van der Waals surface area (Å²) in [6.07, 6.45) is 1.75. The van der Waals surface area contributed by atoms with Gasteiger partial charge >= 0.3 is 0 Å². The summed E-state index contributed by atoms with van der Waals surface area (Å²) in [6.45, 7) is 2.11. The molecule has 0 aliphatic rings. The number of hydrogen-bond donors (Lipinski definition) is 1. The Hall–Kier alpha value is -3.19. The monoisotopic (exact) mass is 370 g/mol. The number of nitro benzene ring substituents is 1. The third kappa shape index (κ3) is 4.07. The van der Waals surface area contributed by atoms with Gasteiger partial charge in [0, 0.05) is 34.5 Å². The number of rotatable bonds is 5. The molecule has 1 aromatic heterocycles. The molecule has 0 atom stereocenters. The normalized spacial score (nSPS) is 10.5. The Labute approximate surface area is 154 Å². The van der Waals surface area contributed by atoms with Gasteiger partial charge in [0.25, 0.3) is 11.6 Å². The smallest absolute Gasteiger partial charge is 0.272 e. The van der Waals surface area contributed by atoms with E-state index in [1.54, 1.807) is 29.9 Å².